The summed E-state index contributed by atoms with van der Waals surface area (Å²) in [6.07, 6.45) is 0.483. The fourth-order valence-corrected chi connectivity index (χ4v) is 3.37. The topological polar surface area (TPSA) is 53.0 Å². The predicted molar refractivity (Wildman–Crippen MR) is 84.2 cm³/mol. The monoisotopic (exact) mass is 324 g/mol. The maximum absolute atomic E-state index is 12.3. The number of amides is 1. The molecule has 2 heterocycles. The largest absolute Gasteiger partial charge is 0.482 e. The van der Waals surface area contributed by atoms with Crippen LogP contribution >= 0.6 is 11.6 Å². The van der Waals surface area contributed by atoms with Crippen molar-refractivity contribution in [3.63, 3.8) is 0 Å². The van der Waals surface area contributed by atoms with Crippen molar-refractivity contribution in [1.29, 1.82) is 0 Å². The van der Waals surface area contributed by atoms with E-state index >= 15 is 0 Å². The van der Waals surface area contributed by atoms with Gasteiger partial charge in [-0.25, -0.2) is 0 Å². The average molecular weight is 325 g/mol. The van der Waals surface area contributed by atoms with Crippen LogP contribution in [0.5, 0.6) is 5.75 Å². The van der Waals surface area contributed by atoms with Gasteiger partial charge in [0.15, 0.2) is 6.61 Å². The highest BCUT2D eigenvalue weighted by Gasteiger charge is 2.36. The Hall–Kier alpha value is -1.30. The van der Waals surface area contributed by atoms with E-state index in [9.17, 15) is 9.90 Å². The number of ether oxygens (including phenoxy) is 1. The molecule has 0 radical (unpaired) electrons. The van der Waals surface area contributed by atoms with Crippen molar-refractivity contribution in [2.75, 3.05) is 32.8 Å². The minimum Gasteiger partial charge on any atom is -0.482 e. The summed E-state index contributed by atoms with van der Waals surface area (Å²) >= 11 is 6.07. The van der Waals surface area contributed by atoms with E-state index in [4.69, 9.17) is 16.3 Å². The predicted octanol–water partition coefficient (Wildman–Crippen LogP) is 1.30. The van der Waals surface area contributed by atoms with Crippen LogP contribution in [0.15, 0.2) is 18.2 Å². The molecule has 120 valence electrons. The fraction of sp³-hybridized carbons (Fsp3) is 0.562. The Balaban J connectivity index is 1.55. The molecule has 0 spiro atoms. The number of aliphatic hydroxyl groups is 1. The zero-order valence-corrected chi connectivity index (χ0v) is 13.4. The molecule has 1 N–H and O–H groups in total. The minimum absolute atomic E-state index is 0.00154. The number of fused-ring (bicyclic) bond motifs is 1. The van der Waals surface area contributed by atoms with Gasteiger partial charge in [-0.05, 0) is 31.0 Å². The number of nitrogens with zero attached hydrogens (tertiary/aromatic N) is 2. The molecule has 0 saturated carbocycles. The number of piperazine rings is 1. The standard InChI is InChI=1S/C16H21ClN2O3/c1-11-2-3-14(17)15(6-11)22-10-16(21)19-5-4-18-9-13(20)7-12(18)8-19/h2-3,6,12-13,20H,4-5,7-10H2,1H3/t12-,13+/m0/s1. The van der Waals surface area contributed by atoms with Gasteiger partial charge in [0.05, 0.1) is 11.1 Å². The van der Waals surface area contributed by atoms with Crippen molar-refractivity contribution < 1.29 is 14.6 Å². The number of hydrogen-bond acceptors (Lipinski definition) is 4. The maximum atomic E-state index is 12.3. The average Bonchev–Trinajstić information content (AvgIpc) is 2.86. The van der Waals surface area contributed by atoms with Crippen molar-refractivity contribution in [2.24, 2.45) is 0 Å². The lowest BCUT2D eigenvalue weighted by Crippen LogP contribution is -2.53. The summed E-state index contributed by atoms with van der Waals surface area (Å²) in [5, 5.41) is 10.2. The smallest absolute Gasteiger partial charge is 0.260 e. The number of carbonyl (C=O) groups excluding carboxylic acids is 1. The first-order chi connectivity index (χ1) is 10.5. The van der Waals surface area contributed by atoms with Gasteiger partial charge < -0.3 is 14.7 Å². The normalized spacial score (nSPS) is 25.1. The van der Waals surface area contributed by atoms with Crippen LogP contribution in [-0.2, 0) is 4.79 Å². The number of aliphatic hydroxyl groups excluding tert-OH is 1. The van der Waals surface area contributed by atoms with E-state index in [1.165, 1.54) is 0 Å². The molecule has 0 unspecified atom stereocenters. The molecule has 2 aliphatic heterocycles. The molecule has 2 saturated heterocycles. The Kier molecular flexibility index (Phi) is 4.57. The van der Waals surface area contributed by atoms with E-state index in [0.29, 0.717) is 23.9 Å². The third kappa shape index (κ3) is 3.37. The summed E-state index contributed by atoms with van der Waals surface area (Å²) in [4.78, 5) is 16.4. The minimum atomic E-state index is -0.262. The number of rotatable bonds is 3. The van der Waals surface area contributed by atoms with Crippen LogP contribution in [0.1, 0.15) is 12.0 Å². The Labute approximate surface area is 135 Å². The number of hydrogen-bond donors (Lipinski definition) is 1. The molecule has 3 rings (SSSR count). The molecule has 1 aromatic rings. The highest BCUT2D eigenvalue weighted by molar-refractivity contribution is 6.32. The van der Waals surface area contributed by atoms with E-state index in [0.717, 1.165) is 25.1 Å². The Bertz CT molecular complexity index is 566. The molecule has 6 heteroatoms. The molecular weight excluding hydrogens is 304 g/mol. The number of carbonyl (C=O) groups is 1. The number of halogens is 1. The third-order valence-corrected chi connectivity index (χ3v) is 4.70. The zero-order valence-electron chi connectivity index (χ0n) is 12.7. The van der Waals surface area contributed by atoms with Crippen molar-refractivity contribution in [2.45, 2.75) is 25.5 Å². The lowest BCUT2D eigenvalue weighted by Gasteiger charge is -2.37. The molecule has 1 amide bonds. The second-order valence-electron chi connectivity index (χ2n) is 6.10. The van der Waals surface area contributed by atoms with Gasteiger partial charge in [0.1, 0.15) is 5.75 Å². The molecule has 2 aliphatic rings. The van der Waals surface area contributed by atoms with Gasteiger partial charge in [-0.15, -0.1) is 0 Å². The van der Waals surface area contributed by atoms with Crippen LogP contribution in [-0.4, -0.2) is 65.7 Å². The summed E-state index contributed by atoms with van der Waals surface area (Å²) in [6.45, 7) is 4.85. The Morgan fingerprint density at radius 2 is 2.23 bits per heavy atom. The van der Waals surface area contributed by atoms with Crippen LogP contribution < -0.4 is 4.74 Å². The van der Waals surface area contributed by atoms with E-state index < -0.39 is 0 Å². The molecule has 22 heavy (non-hydrogen) atoms. The highest BCUT2D eigenvalue weighted by Crippen LogP contribution is 2.26. The second kappa shape index (κ2) is 6.44. The number of aryl methyl sites for hydroxylation is 1. The molecule has 5 nitrogen and oxygen atoms in total. The van der Waals surface area contributed by atoms with Crippen molar-refractivity contribution >= 4 is 17.5 Å². The highest BCUT2D eigenvalue weighted by atomic mass is 35.5. The molecule has 0 bridgehead atoms. The van der Waals surface area contributed by atoms with E-state index in [1.54, 1.807) is 6.07 Å². The molecule has 0 aromatic heterocycles. The summed E-state index contributed by atoms with van der Waals surface area (Å²) in [6, 6.07) is 5.79. The summed E-state index contributed by atoms with van der Waals surface area (Å²) in [5.74, 6) is 0.517. The van der Waals surface area contributed by atoms with E-state index in [1.807, 2.05) is 24.0 Å². The summed E-state index contributed by atoms with van der Waals surface area (Å²) in [5.41, 5.74) is 1.04. The van der Waals surface area contributed by atoms with Gasteiger partial charge in [0, 0.05) is 32.2 Å². The van der Waals surface area contributed by atoms with Crippen molar-refractivity contribution in [1.82, 2.24) is 9.80 Å². The Morgan fingerprint density at radius 3 is 3.05 bits per heavy atom. The van der Waals surface area contributed by atoms with Crippen molar-refractivity contribution in [3.05, 3.63) is 28.8 Å². The second-order valence-corrected chi connectivity index (χ2v) is 6.51. The maximum Gasteiger partial charge on any atom is 0.260 e. The van der Waals surface area contributed by atoms with Crippen molar-refractivity contribution in [3.8, 4) is 5.75 Å². The number of benzene rings is 1. The quantitative estimate of drug-likeness (QED) is 0.910. The van der Waals surface area contributed by atoms with Gasteiger partial charge in [0.2, 0.25) is 0 Å². The van der Waals surface area contributed by atoms with E-state index in [2.05, 4.69) is 4.90 Å². The van der Waals surface area contributed by atoms with Crippen LogP contribution in [0.4, 0.5) is 0 Å². The van der Waals surface area contributed by atoms with Gasteiger partial charge in [0.25, 0.3) is 5.91 Å². The third-order valence-electron chi connectivity index (χ3n) is 4.38. The lowest BCUT2D eigenvalue weighted by molar-refractivity contribution is -0.135. The van der Waals surface area contributed by atoms with Crippen LogP contribution in [0.25, 0.3) is 0 Å². The zero-order chi connectivity index (χ0) is 15.7. The molecule has 0 aliphatic carbocycles. The van der Waals surface area contributed by atoms with Gasteiger partial charge in [-0.3, -0.25) is 9.69 Å². The molecular formula is C16H21ClN2O3. The fourth-order valence-electron chi connectivity index (χ4n) is 3.19. The molecule has 2 atom stereocenters. The summed E-state index contributed by atoms with van der Waals surface area (Å²) in [7, 11) is 0. The van der Waals surface area contributed by atoms with E-state index in [-0.39, 0.29) is 24.7 Å². The lowest BCUT2D eigenvalue weighted by atomic mass is 10.1. The van der Waals surface area contributed by atoms with Gasteiger partial charge in [-0.2, -0.15) is 0 Å². The molecule has 1 aromatic carbocycles. The SMILES string of the molecule is Cc1ccc(Cl)c(OCC(=O)N2CCN3C[C@H](O)C[C@H]3C2)c1. The summed E-state index contributed by atoms with van der Waals surface area (Å²) < 4.78 is 5.58. The Morgan fingerprint density at radius 1 is 1.41 bits per heavy atom. The first-order valence-corrected chi connectivity index (χ1v) is 7.99. The van der Waals surface area contributed by atoms with Crippen LogP contribution in [0, 0.1) is 6.92 Å². The van der Waals surface area contributed by atoms with Gasteiger partial charge in [-0.1, -0.05) is 17.7 Å². The van der Waals surface area contributed by atoms with Crippen LogP contribution in [0.2, 0.25) is 5.02 Å². The molecule has 2 fully saturated rings. The first-order valence-electron chi connectivity index (χ1n) is 7.62. The first kappa shape index (κ1) is 15.6. The van der Waals surface area contributed by atoms with Crippen LogP contribution in [0.3, 0.4) is 0 Å². The van der Waals surface area contributed by atoms with Gasteiger partial charge >= 0.3 is 0 Å².